The monoisotopic (exact) mass is 275 g/mol. The average Bonchev–Trinajstić information content (AvgIpc) is 2.96. The van der Waals surface area contributed by atoms with Crippen molar-refractivity contribution in [3.63, 3.8) is 0 Å². The van der Waals surface area contributed by atoms with Crippen molar-refractivity contribution in [3.05, 3.63) is 30.0 Å². The van der Waals surface area contributed by atoms with Crippen molar-refractivity contribution in [2.45, 2.75) is 44.9 Å². The molecule has 20 heavy (non-hydrogen) atoms. The highest BCUT2D eigenvalue weighted by atomic mass is 16.6. The molecule has 0 bridgehead atoms. The molecule has 2 aromatic rings. The zero-order valence-corrected chi connectivity index (χ0v) is 12.0. The Kier molecular flexibility index (Phi) is 3.44. The molecule has 1 unspecified atom stereocenters. The van der Waals surface area contributed by atoms with Crippen LogP contribution in [-0.2, 0) is 11.3 Å². The molecule has 2 N–H and O–H groups in total. The summed E-state index contributed by atoms with van der Waals surface area (Å²) < 4.78 is 17.6. The molecule has 0 saturated carbocycles. The standard InChI is InChI=1S/C16H21NO3/c1-16(2)8-7-11(20-16)10-18-15-12-5-3-4-6-13(12)19-14(15)9-17/h3-6,11H,7-10,17H2,1-2H3. The van der Waals surface area contributed by atoms with Gasteiger partial charge in [-0.05, 0) is 38.8 Å². The Morgan fingerprint density at radius 1 is 1.35 bits per heavy atom. The largest absolute Gasteiger partial charge is 0.486 e. The molecule has 1 aromatic carbocycles. The van der Waals surface area contributed by atoms with E-state index in [9.17, 15) is 0 Å². The van der Waals surface area contributed by atoms with Crippen LogP contribution in [0.2, 0.25) is 0 Å². The highest BCUT2D eigenvalue weighted by Crippen LogP contribution is 2.34. The Bertz CT molecular complexity index is 603. The number of nitrogens with two attached hydrogens (primary N) is 1. The van der Waals surface area contributed by atoms with Crippen LogP contribution < -0.4 is 10.5 Å². The van der Waals surface area contributed by atoms with Crippen molar-refractivity contribution < 1.29 is 13.9 Å². The fourth-order valence-corrected chi connectivity index (χ4v) is 2.74. The molecule has 2 heterocycles. The first-order chi connectivity index (χ1) is 9.59. The summed E-state index contributed by atoms with van der Waals surface area (Å²) in [5.41, 5.74) is 6.51. The number of rotatable bonds is 4. The van der Waals surface area contributed by atoms with Gasteiger partial charge in [-0.3, -0.25) is 0 Å². The number of ether oxygens (including phenoxy) is 2. The van der Waals surface area contributed by atoms with E-state index in [0.717, 1.165) is 29.6 Å². The van der Waals surface area contributed by atoms with E-state index < -0.39 is 0 Å². The molecular weight excluding hydrogens is 254 g/mol. The number of benzene rings is 1. The number of para-hydroxylation sites is 1. The Hall–Kier alpha value is -1.52. The molecule has 1 aliphatic rings. The van der Waals surface area contributed by atoms with Crippen LogP contribution in [0.25, 0.3) is 11.0 Å². The third kappa shape index (κ3) is 2.53. The van der Waals surface area contributed by atoms with E-state index in [2.05, 4.69) is 13.8 Å². The van der Waals surface area contributed by atoms with Crippen LogP contribution in [0.4, 0.5) is 0 Å². The second-order valence-corrected chi connectivity index (χ2v) is 5.90. The molecule has 0 spiro atoms. The summed E-state index contributed by atoms with van der Waals surface area (Å²) in [4.78, 5) is 0. The third-order valence-corrected chi connectivity index (χ3v) is 3.77. The van der Waals surface area contributed by atoms with E-state index in [4.69, 9.17) is 19.6 Å². The predicted molar refractivity (Wildman–Crippen MR) is 77.8 cm³/mol. The van der Waals surface area contributed by atoms with Crippen molar-refractivity contribution in [1.82, 2.24) is 0 Å². The molecule has 0 radical (unpaired) electrons. The maximum atomic E-state index is 5.96. The predicted octanol–water partition coefficient (Wildman–Crippen LogP) is 3.23. The lowest BCUT2D eigenvalue weighted by Crippen LogP contribution is -2.24. The summed E-state index contributed by atoms with van der Waals surface area (Å²) in [5, 5.41) is 0.977. The minimum absolute atomic E-state index is 0.0385. The van der Waals surface area contributed by atoms with Gasteiger partial charge in [0, 0.05) is 0 Å². The first-order valence-electron chi connectivity index (χ1n) is 7.10. The van der Waals surface area contributed by atoms with Gasteiger partial charge in [-0.2, -0.15) is 0 Å². The Balaban J connectivity index is 1.77. The molecule has 0 amide bonds. The summed E-state index contributed by atoms with van der Waals surface area (Å²) in [6, 6.07) is 7.84. The summed E-state index contributed by atoms with van der Waals surface area (Å²) in [7, 11) is 0. The zero-order chi connectivity index (χ0) is 14.2. The van der Waals surface area contributed by atoms with Gasteiger partial charge in [-0.15, -0.1) is 0 Å². The molecule has 1 aromatic heterocycles. The van der Waals surface area contributed by atoms with Crippen LogP contribution >= 0.6 is 0 Å². The normalized spacial score (nSPS) is 21.4. The van der Waals surface area contributed by atoms with Crippen LogP contribution in [0, 0.1) is 0 Å². The minimum atomic E-state index is -0.0385. The van der Waals surface area contributed by atoms with E-state index in [0.29, 0.717) is 18.9 Å². The highest BCUT2D eigenvalue weighted by molar-refractivity contribution is 5.85. The summed E-state index contributed by atoms with van der Waals surface area (Å²) >= 11 is 0. The van der Waals surface area contributed by atoms with E-state index in [1.165, 1.54) is 0 Å². The fraction of sp³-hybridized carbons (Fsp3) is 0.500. The Labute approximate surface area is 118 Å². The van der Waals surface area contributed by atoms with Gasteiger partial charge in [0.25, 0.3) is 0 Å². The number of hydrogen-bond donors (Lipinski definition) is 1. The van der Waals surface area contributed by atoms with Gasteiger partial charge in [-0.25, -0.2) is 0 Å². The molecule has 0 aliphatic carbocycles. The van der Waals surface area contributed by atoms with Crippen molar-refractivity contribution in [2.24, 2.45) is 5.73 Å². The fourth-order valence-electron chi connectivity index (χ4n) is 2.74. The number of fused-ring (bicyclic) bond motifs is 1. The highest BCUT2D eigenvalue weighted by Gasteiger charge is 2.32. The molecule has 3 rings (SSSR count). The summed E-state index contributed by atoms with van der Waals surface area (Å²) in [5.74, 6) is 1.46. The summed E-state index contributed by atoms with van der Waals surface area (Å²) in [6.45, 7) is 5.11. The minimum Gasteiger partial charge on any atom is -0.486 e. The van der Waals surface area contributed by atoms with Gasteiger partial charge in [-0.1, -0.05) is 12.1 Å². The second kappa shape index (κ2) is 5.11. The van der Waals surface area contributed by atoms with Crippen molar-refractivity contribution >= 4 is 11.0 Å². The van der Waals surface area contributed by atoms with Crippen LogP contribution in [0.3, 0.4) is 0 Å². The van der Waals surface area contributed by atoms with Gasteiger partial charge in [0.2, 0.25) is 0 Å². The molecule has 1 aliphatic heterocycles. The van der Waals surface area contributed by atoms with E-state index in [-0.39, 0.29) is 11.7 Å². The Morgan fingerprint density at radius 3 is 2.85 bits per heavy atom. The van der Waals surface area contributed by atoms with Crippen LogP contribution in [0.5, 0.6) is 5.75 Å². The van der Waals surface area contributed by atoms with Crippen molar-refractivity contribution in [3.8, 4) is 5.75 Å². The lowest BCUT2D eigenvalue weighted by Gasteiger charge is -2.19. The molecule has 1 saturated heterocycles. The topological polar surface area (TPSA) is 57.6 Å². The maximum absolute atomic E-state index is 5.96. The van der Waals surface area contributed by atoms with Crippen molar-refractivity contribution in [2.75, 3.05) is 6.61 Å². The average molecular weight is 275 g/mol. The van der Waals surface area contributed by atoms with E-state index in [1.54, 1.807) is 0 Å². The van der Waals surface area contributed by atoms with Crippen LogP contribution in [0.15, 0.2) is 28.7 Å². The van der Waals surface area contributed by atoms with Crippen LogP contribution in [0.1, 0.15) is 32.4 Å². The molecule has 4 nitrogen and oxygen atoms in total. The Morgan fingerprint density at radius 2 is 2.15 bits per heavy atom. The molecule has 4 heteroatoms. The smallest absolute Gasteiger partial charge is 0.169 e. The second-order valence-electron chi connectivity index (χ2n) is 5.90. The first kappa shape index (κ1) is 13.5. The van der Waals surface area contributed by atoms with E-state index >= 15 is 0 Å². The first-order valence-corrected chi connectivity index (χ1v) is 7.10. The quantitative estimate of drug-likeness (QED) is 0.930. The summed E-state index contributed by atoms with van der Waals surface area (Å²) in [6.07, 6.45) is 2.24. The SMILES string of the molecule is CC1(C)CCC(COc2c(CN)oc3ccccc23)O1. The van der Waals surface area contributed by atoms with Gasteiger partial charge < -0.3 is 19.6 Å². The maximum Gasteiger partial charge on any atom is 0.169 e. The number of hydrogen-bond acceptors (Lipinski definition) is 4. The molecule has 108 valence electrons. The zero-order valence-electron chi connectivity index (χ0n) is 12.0. The molecule has 1 fully saturated rings. The van der Waals surface area contributed by atoms with E-state index in [1.807, 2.05) is 24.3 Å². The van der Waals surface area contributed by atoms with Gasteiger partial charge in [0.1, 0.15) is 12.2 Å². The number of furan rings is 1. The lowest BCUT2D eigenvalue weighted by atomic mass is 10.1. The lowest BCUT2D eigenvalue weighted by molar-refractivity contribution is -0.0326. The van der Waals surface area contributed by atoms with Gasteiger partial charge >= 0.3 is 0 Å². The third-order valence-electron chi connectivity index (χ3n) is 3.77. The molecule has 1 atom stereocenters. The van der Waals surface area contributed by atoms with Crippen molar-refractivity contribution in [1.29, 1.82) is 0 Å². The van der Waals surface area contributed by atoms with Gasteiger partial charge in [0.05, 0.1) is 23.6 Å². The molecular formula is C16H21NO3. The van der Waals surface area contributed by atoms with Gasteiger partial charge in [0.15, 0.2) is 11.5 Å². The van der Waals surface area contributed by atoms with Crippen LogP contribution in [-0.4, -0.2) is 18.3 Å².